The van der Waals surface area contributed by atoms with Gasteiger partial charge >= 0.3 is 0 Å². The van der Waals surface area contributed by atoms with Gasteiger partial charge in [-0.15, -0.1) is 0 Å². The number of nitrogens with one attached hydrogen (secondary N) is 2. The molecule has 0 atom stereocenters. The number of nitrogens with two attached hydrogens (primary N) is 1. The molecule has 7 nitrogen and oxygen atoms in total. The summed E-state index contributed by atoms with van der Waals surface area (Å²) >= 11 is 1.52. The predicted molar refractivity (Wildman–Crippen MR) is 144 cm³/mol. The van der Waals surface area contributed by atoms with Crippen molar-refractivity contribution >= 4 is 35.5 Å². The van der Waals surface area contributed by atoms with Gasteiger partial charge < -0.3 is 25.4 Å². The molecule has 0 saturated heterocycles. The van der Waals surface area contributed by atoms with Crippen LogP contribution < -0.4 is 20.5 Å². The van der Waals surface area contributed by atoms with Crippen LogP contribution in [0.2, 0.25) is 0 Å². The van der Waals surface area contributed by atoms with E-state index in [4.69, 9.17) is 10.5 Å². The summed E-state index contributed by atoms with van der Waals surface area (Å²) in [4.78, 5) is 25.5. The molecule has 0 aromatic heterocycles. The highest BCUT2D eigenvalue weighted by atomic mass is 32.2. The highest BCUT2D eigenvalue weighted by Crippen LogP contribution is 2.31. The molecule has 0 spiro atoms. The normalized spacial score (nSPS) is 11.5. The third kappa shape index (κ3) is 8.36. The first-order valence-corrected chi connectivity index (χ1v) is 12.2. The number of halogens is 1. The van der Waals surface area contributed by atoms with Crippen molar-refractivity contribution in [1.82, 2.24) is 4.90 Å². The number of allylic oxidation sites excluding steroid dienone is 1. The van der Waals surface area contributed by atoms with E-state index in [1.807, 2.05) is 33.8 Å². The second-order valence-electron chi connectivity index (χ2n) is 7.32. The molecule has 0 aliphatic heterocycles. The number of hydrogen-bond donors (Lipinski definition) is 3. The second-order valence-corrected chi connectivity index (χ2v) is 8.39. The number of amides is 1. The number of nitrogens with zero attached hydrogens (tertiary/aromatic N) is 1. The van der Waals surface area contributed by atoms with Gasteiger partial charge in [-0.3, -0.25) is 9.59 Å². The number of aryl methyl sites for hydroxylation is 1. The standard InChI is InChI=1S/C24H29FN4O3S.C2H6/c1-6-33-28-18-8-7-9-20(16(18)3)32-21(12-13-30)22(23(26)31)24(29(4)5)27-19-11-10-15(2)14-17(19)25;1-2/h7-14,27-28H,6H2,1-5H3,(H2,26,31);1-2H3/b21-12+,24-22+;. The number of carbonyl (C=O) groups is 2. The first kappa shape index (κ1) is 29.6. The van der Waals surface area contributed by atoms with E-state index >= 15 is 0 Å². The average molecular weight is 503 g/mol. The Bertz CT molecular complexity index is 1080. The molecule has 0 fully saturated rings. The minimum atomic E-state index is -0.847. The summed E-state index contributed by atoms with van der Waals surface area (Å²) < 4.78 is 23.7. The van der Waals surface area contributed by atoms with Crippen molar-refractivity contribution in [3.8, 4) is 5.75 Å². The number of aldehydes is 1. The third-order valence-corrected chi connectivity index (χ3v) is 5.26. The van der Waals surface area contributed by atoms with E-state index in [9.17, 15) is 14.0 Å². The number of ether oxygens (including phenoxy) is 1. The SMILES string of the molecule is CC.CCSNc1cccc(OC(=C/C=O)/C(C(N)=O)=C(/Nc2ccc(C)cc2F)N(C)C)c1C. The maximum Gasteiger partial charge on any atom is 0.256 e. The van der Waals surface area contributed by atoms with Crippen LogP contribution in [-0.2, 0) is 9.59 Å². The van der Waals surface area contributed by atoms with E-state index in [2.05, 4.69) is 10.0 Å². The number of anilines is 2. The molecule has 0 saturated carbocycles. The van der Waals surface area contributed by atoms with Crippen LogP contribution in [-0.4, -0.2) is 36.9 Å². The van der Waals surface area contributed by atoms with Crippen LogP contribution in [0.15, 0.2) is 59.6 Å². The Morgan fingerprint density at radius 1 is 1.17 bits per heavy atom. The van der Waals surface area contributed by atoms with Gasteiger partial charge in [0.05, 0.1) is 11.4 Å². The van der Waals surface area contributed by atoms with Gasteiger partial charge in [-0.1, -0.05) is 44.9 Å². The van der Waals surface area contributed by atoms with E-state index in [0.717, 1.165) is 28.6 Å². The Labute approximate surface area is 211 Å². The van der Waals surface area contributed by atoms with Gasteiger partial charge in [0.2, 0.25) is 0 Å². The molecule has 2 aromatic rings. The Morgan fingerprint density at radius 2 is 1.86 bits per heavy atom. The van der Waals surface area contributed by atoms with E-state index in [0.29, 0.717) is 12.0 Å². The van der Waals surface area contributed by atoms with Crippen molar-refractivity contribution in [3.63, 3.8) is 0 Å². The van der Waals surface area contributed by atoms with Crippen LogP contribution in [0.3, 0.4) is 0 Å². The number of hydrogen-bond acceptors (Lipinski definition) is 7. The van der Waals surface area contributed by atoms with Gasteiger partial charge in [0.15, 0.2) is 0 Å². The summed E-state index contributed by atoms with van der Waals surface area (Å²) in [7, 11) is 3.32. The lowest BCUT2D eigenvalue weighted by atomic mass is 10.1. The Hall–Kier alpha value is -3.46. The molecule has 35 heavy (non-hydrogen) atoms. The largest absolute Gasteiger partial charge is 0.456 e. The molecule has 9 heteroatoms. The van der Waals surface area contributed by atoms with E-state index in [1.54, 1.807) is 50.2 Å². The predicted octanol–water partition coefficient (Wildman–Crippen LogP) is 5.38. The van der Waals surface area contributed by atoms with Gasteiger partial charge in [0.1, 0.15) is 35.0 Å². The van der Waals surface area contributed by atoms with Gasteiger partial charge in [-0.25, -0.2) is 4.39 Å². The summed E-state index contributed by atoms with van der Waals surface area (Å²) in [6.45, 7) is 9.65. The summed E-state index contributed by atoms with van der Waals surface area (Å²) in [5, 5.41) is 2.91. The first-order chi connectivity index (χ1) is 16.7. The monoisotopic (exact) mass is 502 g/mol. The van der Waals surface area contributed by atoms with E-state index in [1.165, 1.54) is 18.0 Å². The topological polar surface area (TPSA) is 96.7 Å². The molecule has 0 heterocycles. The van der Waals surface area contributed by atoms with Crippen LogP contribution in [0.4, 0.5) is 15.8 Å². The molecular formula is C26H35FN4O3S. The van der Waals surface area contributed by atoms with E-state index < -0.39 is 11.7 Å². The van der Waals surface area contributed by atoms with Crippen LogP contribution in [0.5, 0.6) is 5.75 Å². The van der Waals surface area contributed by atoms with Gasteiger partial charge in [0, 0.05) is 31.5 Å². The molecule has 190 valence electrons. The summed E-state index contributed by atoms with van der Waals surface area (Å²) in [5.41, 5.74) is 8.11. The van der Waals surface area contributed by atoms with Crippen molar-refractivity contribution < 1.29 is 18.7 Å². The lowest BCUT2D eigenvalue weighted by molar-refractivity contribution is -0.114. The summed E-state index contributed by atoms with van der Waals surface area (Å²) in [6.07, 6.45) is 1.61. The van der Waals surface area contributed by atoms with Crippen LogP contribution in [0.25, 0.3) is 0 Å². The lowest BCUT2D eigenvalue weighted by Crippen LogP contribution is -2.29. The maximum atomic E-state index is 14.5. The summed E-state index contributed by atoms with van der Waals surface area (Å²) in [5.74, 6) is 0.0611. The Kier molecular flexibility index (Phi) is 12.4. The van der Waals surface area contributed by atoms with Gasteiger partial charge in [0.25, 0.3) is 5.91 Å². The lowest BCUT2D eigenvalue weighted by Gasteiger charge is -2.24. The zero-order valence-electron chi connectivity index (χ0n) is 21.4. The van der Waals surface area contributed by atoms with Crippen LogP contribution in [0.1, 0.15) is 31.9 Å². The number of rotatable bonds is 11. The molecule has 0 unspecified atom stereocenters. The molecule has 4 N–H and O–H groups in total. The smallest absolute Gasteiger partial charge is 0.256 e. The fraction of sp³-hybridized carbons (Fsp3) is 0.308. The highest BCUT2D eigenvalue weighted by Gasteiger charge is 2.23. The summed E-state index contributed by atoms with van der Waals surface area (Å²) in [6, 6.07) is 10.1. The fourth-order valence-electron chi connectivity index (χ4n) is 2.94. The number of benzene rings is 2. The molecule has 1 amide bonds. The van der Waals surface area contributed by atoms with Crippen molar-refractivity contribution in [1.29, 1.82) is 0 Å². The van der Waals surface area contributed by atoms with Crippen molar-refractivity contribution in [3.05, 3.63) is 76.6 Å². The Morgan fingerprint density at radius 3 is 2.40 bits per heavy atom. The third-order valence-electron chi connectivity index (χ3n) is 4.60. The minimum absolute atomic E-state index is 0.0652. The molecule has 0 aliphatic rings. The van der Waals surface area contributed by atoms with Crippen molar-refractivity contribution in [2.75, 3.05) is 29.9 Å². The van der Waals surface area contributed by atoms with Crippen molar-refractivity contribution in [2.24, 2.45) is 5.73 Å². The van der Waals surface area contributed by atoms with E-state index in [-0.39, 0.29) is 22.8 Å². The Balaban J connectivity index is 0.00000298. The molecule has 0 bridgehead atoms. The average Bonchev–Trinajstić information content (AvgIpc) is 2.81. The van der Waals surface area contributed by atoms with Gasteiger partial charge in [-0.05, 0) is 43.7 Å². The minimum Gasteiger partial charge on any atom is -0.456 e. The highest BCUT2D eigenvalue weighted by molar-refractivity contribution is 8.00. The molecule has 0 aliphatic carbocycles. The second kappa shape index (κ2) is 14.7. The number of primary amides is 1. The maximum absolute atomic E-state index is 14.5. The molecule has 2 aromatic carbocycles. The first-order valence-electron chi connectivity index (χ1n) is 11.2. The fourth-order valence-corrected chi connectivity index (χ4v) is 3.46. The zero-order valence-corrected chi connectivity index (χ0v) is 22.2. The molecule has 0 radical (unpaired) electrons. The molecule has 2 rings (SSSR count). The molecular weight excluding hydrogens is 467 g/mol. The van der Waals surface area contributed by atoms with Crippen LogP contribution >= 0.6 is 11.9 Å². The zero-order chi connectivity index (χ0) is 26.5. The van der Waals surface area contributed by atoms with Crippen molar-refractivity contribution in [2.45, 2.75) is 34.6 Å². The number of carbonyl (C=O) groups excluding carboxylic acids is 2. The van der Waals surface area contributed by atoms with Crippen LogP contribution in [0, 0.1) is 19.7 Å². The van der Waals surface area contributed by atoms with Gasteiger partial charge in [-0.2, -0.15) is 0 Å². The quantitative estimate of drug-likeness (QED) is 0.125.